The van der Waals surface area contributed by atoms with E-state index in [1.165, 1.54) is 39.5 Å². The number of hydrogen-bond donors (Lipinski definition) is 2. The van der Waals surface area contributed by atoms with Crippen LogP contribution in [0.2, 0.25) is 0 Å². The Hall–Kier alpha value is -2.78. The summed E-state index contributed by atoms with van der Waals surface area (Å²) in [5, 5.41) is 2.71. The summed E-state index contributed by atoms with van der Waals surface area (Å²) >= 11 is 0. The van der Waals surface area contributed by atoms with Crippen LogP contribution in [-0.4, -0.2) is 41.7 Å². The van der Waals surface area contributed by atoms with Crippen LogP contribution in [0.5, 0.6) is 17.2 Å². The second-order valence-electron chi connectivity index (χ2n) is 6.16. The summed E-state index contributed by atoms with van der Waals surface area (Å²) in [6, 6.07) is 8.84. The molecule has 0 fully saturated rings. The van der Waals surface area contributed by atoms with Gasteiger partial charge in [-0.1, -0.05) is 0 Å². The number of anilines is 1. The summed E-state index contributed by atoms with van der Waals surface area (Å²) in [4.78, 5) is 12.6. The quantitative estimate of drug-likeness (QED) is 0.696. The minimum absolute atomic E-state index is 0.117. The molecule has 28 heavy (non-hydrogen) atoms. The number of carbonyl (C=O) groups is 1. The first-order valence-electron chi connectivity index (χ1n) is 8.45. The molecule has 0 aromatic heterocycles. The molecule has 8 nitrogen and oxygen atoms in total. The van der Waals surface area contributed by atoms with E-state index in [1.54, 1.807) is 32.0 Å². The molecule has 0 heterocycles. The minimum Gasteiger partial charge on any atom is -0.497 e. The first-order valence-corrected chi connectivity index (χ1v) is 9.94. The van der Waals surface area contributed by atoms with E-state index in [1.807, 2.05) is 0 Å². The van der Waals surface area contributed by atoms with Gasteiger partial charge in [0.2, 0.25) is 10.0 Å². The Morgan fingerprint density at radius 3 is 2.14 bits per heavy atom. The van der Waals surface area contributed by atoms with Gasteiger partial charge in [-0.3, -0.25) is 4.79 Å². The third kappa shape index (κ3) is 4.93. The Kier molecular flexibility index (Phi) is 6.87. The lowest BCUT2D eigenvalue weighted by atomic mass is 10.2. The van der Waals surface area contributed by atoms with Crippen molar-refractivity contribution in [2.45, 2.75) is 24.8 Å². The highest BCUT2D eigenvalue weighted by molar-refractivity contribution is 7.89. The highest BCUT2D eigenvalue weighted by Gasteiger charge is 2.23. The average molecular weight is 408 g/mol. The van der Waals surface area contributed by atoms with Crippen LogP contribution in [0.4, 0.5) is 5.69 Å². The third-order valence-corrected chi connectivity index (χ3v) is 5.44. The van der Waals surface area contributed by atoms with Gasteiger partial charge in [0.1, 0.15) is 22.1 Å². The summed E-state index contributed by atoms with van der Waals surface area (Å²) in [5.41, 5.74) is 0.544. The molecule has 0 atom stereocenters. The van der Waals surface area contributed by atoms with Crippen molar-refractivity contribution in [1.29, 1.82) is 0 Å². The third-order valence-electron chi connectivity index (χ3n) is 3.76. The molecule has 2 rings (SSSR count). The van der Waals surface area contributed by atoms with Gasteiger partial charge in [-0.25, -0.2) is 13.1 Å². The van der Waals surface area contributed by atoms with Gasteiger partial charge in [0.25, 0.3) is 5.91 Å². The van der Waals surface area contributed by atoms with E-state index in [0.29, 0.717) is 17.2 Å². The predicted molar refractivity (Wildman–Crippen MR) is 106 cm³/mol. The molecule has 152 valence electrons. The summed E-state index contributed by atoms with van der Waals surface area (Å²) in [6.45, 7) is 3.41. The van der Waals surface area contributed by atoms with E-state index in [0.717, 1.165) is 0 Å². The fraction of sp³-hybridized carbons (Fsp3) is 0.316. The van der Waals surface area contributed by atoms with Gasteiger partial charge < -0.3 is 19.5 Å². The van der Waals surface area contributed by atoms with E-state index < -0.39 is 15.9 Å². The Morgan fingerprint density at radius 2 is 1.57 bits per heavy atom. The van der Waals surface area contributed by atoms with Crippen LogP contribution in [0.3, 0.4) is 0 Å². The van der Waals surface area contributed by atoms with Crippen molar-refractivity contribution in [1.82, 2.24) is 4.72 Å². The Labute approximate surface area is 164 Å². The lowest BCUT2D eigenvalue weighted by Gasteiger charge is -2.15. The van der Waals surface area contributed by atoms with Crippen molar-refractivity contribution < 1.29 is 27.4 Å². The standard InChI is InChI=1S/C19H24N2O6S/c1-12(2)21-28(23,24)18-10-13(6-8-17(18)27-5)19(22)20-15-11-14(25-3)7-9-16(15)26-4/h6-12,21H,1-5H3,(H,20,22). The van der Waals surface area contributed by atoms with Crippen molar-refractivity contribution in [3.63, 3.8) is 0 Å². The van der Waals surface area contributed by atoms with Crippen LogP contribution in [0.25, 0.3) is 0 Å². The number of amides is 1. The molecule has 0 aliphatic carbocycles. The topological polar surface area (TPSA) is 103 Å². The number of ether oxygens (including phenoxy) is 3. The molecule has 0 spiro atoms. The number of benzene rings is 2. The Morgan fingerprint density at radius 1 is 0.929 bits per heavy atom. The molecular weight excluding hydrogens is 384 g/mol. The highest BCUT2D eigenvalue weighted by Crippen LogP contribution is 2.30. The van der Waals surface area contributed by atoms with E-state index in [9.17, 15) is 13.2 Å². The number of sulfonamides is 1. The zero-order chi connectivity index (χ0) is 20.9. The SMILES string of the molecule is COc1ccc(OC)c(NC(=O)c2ccc(OC)c(S(=O)(=O)NC(C)C)c2)c1. The maximum atomic E-state index is 12.7. The zero-order valence-electron chi connectivity index (χ0n) is 16.4. The molecule has 2 aromatic rings. The van der Waals surface area contributed by atoms with Gasteiger partial charge in [-0.15, -0.1) is 0 Å². The van der Waals surface area contributed by atoms with Crippen LogP contribution in [-0.2, 0) is 10.0 Å². The Bertz CT molecular complexity index is 957. The molecular formula is C19H24N2O6S. The van der Waals surface area contributed by atoms with Crippen molar-refractivity contribution in [3.8, 4) is 17.2 Å². The summed E-state index contributed by atoms with van der Waals surface area (Å²) in [5.74, 6) is 0.617. The number of nitrogens with one attached hydrogen (secondary N) is 2. The molecule has 0 saturated heterocycles. The van der Waals surface area contributed by atoms with E-state index in [4.69, 9.17) is 14.2 Å². The predicted octanol–water partition coefficient (Wildman–Crippen LogP) is 2.65. The zero-order valence-corrected chi connectivity index (χ0v) is 17.2. The van der Waals surface area contributed by atoms with E-state index in [-0.39, 0.29) is 22.3 Å². The largest absolute Gasteiger partial charge is 0.497 e. The smallest absolute Gasteiger partial charge is 0.255 e. The second kappa shape index (κ2) is 8.94. The number of hydrogen-bond acceptors (Lipinski definition) is 6. The van der Waals surface area contributed by atoms with Crippen LogP contribution in [0.15, 0.2) is 41.3 Å². The number of rotatable bonds is 8. The molecule has 2 N–H and O–H groups in total. The van der Waals surface area contributed by atoms with Gasteiger partial charge in [0.05, 0.1) is 27.0 Å². The maximum Gasteiger partial charge on any atom is 0.255 e. The lowest BCUT2D eigenvalue weighted by Crippen LogP contribution is -2.30. The highest BCUT2D eigenvalue weighted by atomic mass is 32.2. The van der Waals surface area contributed by atoms with Crippen LogP contribution in [0, 0.1) is 0 Å². The fourth-order valence-corrected chi connectivity index (χ4v) is 3.95. The molecule has 2 aromatic carbocycles. The van der Waals surface area contributed by atoms with E-state index in [2.05, 4.69) is 10.0 Å². The van der Waals surface area contributed by atoms with Crippen LogP contribution in [0.1, 0.15) is 24.2 Å². The lowest BCUT2D eigenvalue weighted by molar-refractivity contribution is 0.102. The van der Waals surface area contributed by atoms with Crippen molar-refractivity contribution in [2.75, 3.05) is 26.6 Å². The minimum atomic E-state index is -3.85. The molecule has 0 aliphatic rings. The summed E-state index contributed by atoms with van der Waals surface area (Å²) in [6.07, 6.45) is 0. The van der Waals surface area contributed by atoms with Crippen LogP contribution >= 0.6 is 0 Å². The van der Waals surface area contributed by atoms with Crippen LogP contribution < -0.4 is 24.2 Å². The monoisotopic (exact) mass is 408 g/mol. The van der Waals surface area contributed by atoms with Gasteiger partial charge in [-0.05, 0) is 44.2 Å². The average Bonchev–Trinajstić information content (AvgIpc) is 2.66. The van der Waals surface area contributed by atoms with Gasteiger partial charge >= 0.3 is 0 Å². The molecule has 1 amide bonds. The molecule has 9 heteroatoms. The van der Waals surface area contributed by atoms with Crippen molar-refractivity contribution in [2.24, 2.45) is 0 Å². The van der Waals surface area contributed by atoms with Gasteiger partial charge in [-0.2, -0.15) is 0 Å². The van der Waals surface area contributed by atoms with Gasteiger partial charge in [0, 0.05) is 17.7 Å². The number of methoxy groups -OCH3 is 3. The Balaban J connectivity index is 2.41. The molecule has 0 radical (unpaired) electrons. The normalized spacial score (nSPS) is 11.2. The summed E-state index contributed by atoms with van der Waals surface area (Å²) in [7, 11) is 0.500. The second-order valence-corrected chi connectivity index (χ2v) is 7.84. The first-order chi connectivity index (χ1) is 13.2. The molecule has 0 unspecified atom stereocenters. The van der Waals surface area contributed by atoms with E-state index >= 15 is 0 Å². The van der Waals surface area contributed by atoms with Crippen molar-refractivity contribution in [3.05, 3.63) is 42.0 Å². The number of carbonyl (C=O) groups excluding carboxylic acids is 1. The molecule has 0 aliphatic heterocycles. The first kappa shape index (κ1) is 21.5. The molecule has 0 bridgehead atoms. The van der Waals surface area contributed by atoms with Crippen molar-refractivity contribution >= 4 is 21.6 Å². The summed E-state index contributed by atoms with van der Waals surface area (Å²) < 4.78 is 43.2. The molecule has 0 saturated carbocycles. The van der Waals surface area contributed by atoms with Gasteiger partial charge in [0.15, 0.2) is 0 Å². The maximum absolute atomic E-state index is 12.7. The fourth-order valence-electron chi connectivity index (χ4n) is 2.51.